The SMILES string of the molecule is Nc1nc(NCCc2cccc(F)c2)cc(N2CCOCC2)n1. The highest BCUT2D eigenvalue weighted by Crippen LogP contribution is 2.18. The van der Waals surface area contributed by atoms with Crippen LogP contribution in [0.15, 0.2) is 30.3 Å². The van der Waals surface area contributed by atoms with E-state index in [1.54, 1.807) is 6.07 Å². The second kappa shape index (κ2) is 7.23. The van der Waals surface area contributed by atoms with E-state index >= 15 is 0 Å². The van der Waals surface area contributed by atoms with Crippen molar-refractivity contribution in [3.05, 3.63) is 41.7 Å². The Morgan fingerprint density at radius 3 is 2.83 bits per heavy atom. The zero-order valence-corrected chi connectivity index (χ0v) is 12.8. The fourth-order valence-corrected chi connectivity index (χ4v) is 2.52. The van der Waals surface area contributed by atoms with Gasteiger partial charge in [-0.1, -0.05) is 12.1 Å². The number of morpholine rings is 1. The molecule has 0 aliphatic carbocycles. The van der Waals surface area contributed by atoms with Crippen molar-refractivity contribution in [3.63, 3.8) is 0 Å². The van der Waals surface area contributed by atoms with Gasteiger partial charge in [-0.25, -0.2) is 4.39 Å². The maximum Gasteiger partial charge on any atom is 0.223 e. The van der Waals surface area contributed by atoms with E-state index in [0.717, 1.165) is 24.5 Å². The third-order valence-corrected chi connectivity index (χ3v) is 3.67. The van der Waals surface area contributed by atoms with Crippen LogP contribution in [0.25, 0.3) is 0 Å². The van der Waals surface area contributed by atoms with Gasteiger partial charge in [-0.05, 0) is 24.1 Å². The number of aromatic nitrogens is 2. The Balaban J connectivity index is 1.62. The first-order valence-electron chi connectivity index (χ1n) is 7.66. The summed E-state index contributed by atoms with van der Waals surface area (Å²) < 4.78 is 18.5. The Kier molecular flexibility index (Phi) is 4.87. The van der Waals surface area contributed by atoms with Gasteiger partial charge in [0.2, 0.25) is 5.95 Å². The number of benzene rings is 1. The van der Waals surface area contributed by atoms with Gasteiger partial charge in [0.1, 0.15) is 17.5 Å². The van der Waals surface area contributed by atoms with Gasteiger partial charge >= 0.3 is 0 Å². The van der Waals surface area contributed by atoms with E-state index in [0.29, 0.717) is 32.0 Å². The summed E-state index contributed by atoms with van der Waals surface area (Å²) in [5.41, 5.74) is 6.74. The van der Waals surface area contributed by atoms with E-state index in [1.165, 1.54) is 12.1 Å². The number of rotatable bonds is 5. The number of hydrogen-bond acceptors (Lipinski definition) is 6. The molecule has 0 unspecified atom stereocenters. The summed E-state index contributed by atoms with van der Waals surface area (Å²) in [4.78, 5) is 10.6. The maximum atomic E-state index is 13.2. The predicted molar refractivity (Wildman–Crippen MR) is 88.1 cm³/mol. The van der Waals surface area contributed by atoms with Gasteiger partial charge in [-0.2, -0.15) is 9.97 Å². The molecule has 7 heteroatoms. The number of nitrogens with zero attached hydrogens (tertiary/aromatic N) is 3. The molecule has 1 aromatic carbocycles. The predicted octanol–water partition coefficient (Wildman–Crippen LogP) is 1.69. The van der Waals surface area contributed by atoms with Gasteiger partial charge in [0.15, 0.2) is 0 Å². The molecule has 3 rings (SSSR count). The minimum atomic E-state index is -0.219. The second-order valence-corrected chi connectivity index (χ2v) is 5.38. The summed E-state index contributed by atoms with van der Waals surface area (Å²) in [6.07, 6.45) is 0.703. The molecule has 0 bridgehead atoms. The van der Waals surface area contributed by atoms with Crippen molar-refractivity contribution in [2.45, 2.75) is 6.42 Å². The topological polar surface area (TPSA) is 76.3 Å². The van der Waals surface area contributed by atoms with E-state index in [4.69, 9.17) is 10.5 Å². The van der Waals surface area contributed by atoms with Gasteiger partial charge < -0.3 is 20.7 Å². The number of halogens is 1. The lowest BCUT2D eigenvalue weighted by Gasteiger charge is -2.28. The van der Waals surface area contributed by atoms with Crippen molar-refractivity contribution < 1.29 is 9.13 Å². The Bertz CT molecular complexity index is 661. The fourth-order valence-electron chi connectivity index (χ4n) is 2.52. The minimum Gasteiger partial charge on any atom is -0.378 e. The molecule has 23 heavy (non-hydrogen) atoms. The Hall–Kier alpha value is -2.41. The standard InChI is InChI=1S/C16H20FN5O/c17-13-3-1-2-12(10-13)4-5-19-14-11-15(21-16(18)20-14)22-6-8-23-9-7-22/h1-3,10-11H,4-9H2,(H3,18,19,20,21). The smallest absolute Gasteiger partial charge is 0.223 e. The molecule has 0 spiro atoms. The lowest BCUT2D eigenvalue weighted by Crippen LogP contribution is -2.37. The Morgan fingerprint density at radius 1 is 1.22 bits per heavy atom. The van der Waals surface area contributed by atoms with Gasteiger partial charge in [-0.3, -0.25) is 0 Å². The molecule has 3 N–H and O–H groups in total. The molecule has 0 radical (unpaired) electrons. The van der Waals surface area contributed by atoms with Crippen LogP contribution in [0.5, 0.6) is 0 Å². The van der Waals surface area contributed by atoms with Crippen LogP contribution in [0.3, 0.4) is 0 Å². The van der Waals surface area contributed by atoms with E-state index in [1.807, 2.05) is 12.1 Å². The van der Waals surface area contributed by atoms with Crippen molar-refractivity contribution in [2.75, 3.05) is 48.8 Å². The third-order valence-electron chi connectivity index (χ3n) is 3.67. The van der Waals surface area contributed by atoms with Crippen LogP contribution in [0.4, 0.5) is 22.0 Å². The summed E-state index contributed by atoms with van der Waals surface area (Å²) in [6.45, 7) is 3.60. The number of ether oxygens (including phenoxy) is 1. The van der Waals surface area contributed by atoms with Crippen LogP contribution >= 0.6 is 0 Å². The van der Waals surface area contributed by atoms with E-state index in [9.17, 15) is 4.39 Å². The monoisotopic (exact) mass is 317 g/mol. The largest absolute Gasteiger partial charge is 0.378 e. The zero-order chi connectivity index (χ0) is 16.1. The molecule has 1 saturated heterocycles. The van der Waals surface area contributed by atoms with Crippen LogP contribution in [0, 0.1) is 5.82 Å². The van der Waals surface area contributed by atoms with Gasteiger partial charge in [0.25, 0.3) is 0 Å². The van der Waals surface area contributed by atoms with Crippen molar-refractivity contribution in [3.8, 4) is 0 Å². The molecule has 0 saturated carbocycles. The number of nitrogens with one attached hydrogen (secondary N) is 1. The minimum absolute atomic E-state index is 0.219. The molecule has 0 amide bonds. The molecule has 2 heterocycles. The van der Waals surface area contributed by atoms with Crippen LogP contribution in [-0.2, 0) is 11.2 Å². The molecule has 0 atom stereocenters. The molecule has 1 aromatic heterocycles. The summed E-state index contributed by atoms with van der Waals surface area (Å²) >= 11 is 0. The van der Waals surface area contributed by atoms with E-state index < -0.39 is 0 Å². The molecule has 1 fully saturated rings. The summed E-state index contributed by atoms with van der Waals surface area (Å²) in [6, 6.07) is 8.47. The maximum absolute atomic E-state index is 13.2. The fraction of sp³-hybridized carbons (Fsp3) is 0.375. The van der Waals surface area contributed by atoms with Gasteiger partial charge in [0.05, 0.1) is 13.2 Å². The van der Waals surface area contributed by atoms with E-state index in [-0.39, 0.29) is 11.8 Å². The Morgan fingerprint density at radius 2 is 2.04 bits per heavy atom. The van der Waals surface area contributed by atoms with Crippen molar-refractivity contribution in [1.82, 2.24) is 9.97 Å². The number of hydrogen-bond donors (Lipinski definition) is 2. The van der Waals surface area contributed by atoms with Gasteiger partial charge in [-0.15, -0.1) is 0 Å². The quantitative estimate of drug-likeness (QED) is 0.874. The zero-order valence-electron chi connectivity index (χ0n) is 12.8. The molecule has 1 aliphatic rings. The molecule has 6 nitrogen and oxygen atoms in total. The van der Waals surface area contributed by atoms with Gasteiger partial charge in [0, 0.05) is 25.7 Å². The average Bonchev–Trinajstić information content (AvgIpc) is 2.55. The summed E-state index contributed by atoms with van der Waals surface area (Å²) in [5.74, 6) is 1.50. The first-order chi connectivity index (χ1) is 11.2. The highest BCUT2D eigenvalue weighted by molar-refractivity contribution is 5.52. The van der Waals surface area contributed by atoms with Crippen molar-refractivity contribution in [2.24, 2.45) is 0 Å². The van der Waals surface area contributed by atoms with E-state index in [2.05, 4.69) is 20.2 Å². The summed E-state index contributed by atoms with van der Waals surface area (Å²) in [5, 5.41) is 3.22. The van der Waals surface area contributed by atoms with Crippen molar-refractivity contribution >= 4 is 17.6 Å². The van der Waals surface area contributed by atoms with Crippen molar-refractivity contribution in [1.29, 1.82) is 0 Å². The highest BCUT2D eigenvalue weighted by atomic mass is 19.1. The normalized spacial score (nSPS) is 14.7. The van der Waals surface area contributed by atoms with Crippen LogP contribution in [0.1, 0.15) is 5.56 Å². The summed E-state index contributed by atoms with van der Waals surface area (Å²) in [7, 11) is 0. The molecule has 1 aliphatic heterocycles. The number of nitrogen functional groups attached to an aromatic ring is 1. The third kappa shape index (κ3) is 4.29. The molecular weight excluding hydrogens is 297 g/mol. The first-order valence-corrected chi connectivity index (χ1v) is 7.66. The first kappa shape index (κ1) is 15.5. The lowest BCUT2D eigenvalue weighted by atomic mass is 10.1. The molecular formula is C16H20FN5O. The average molecular weight is 317 g/mol. The Labute approximate surface area is 134 Å². The second-order valence-electron chi connectivity index (χ2n) is 5.38. The number of nitrogens with two attached hydrogens (primary N) is 1. The lowest BCUT2D eigenvalue weighted by molar-refractivity contribution is 0.122. The molecule has 122 valence electrons. The highest BCUT2D eigenvalue weighted by Gasteiger charge is 2.14. The van der Waals surface area contributed by atoms with Crippen LogP contribution in [0.2, 0.25) is 0 Å². The van der Waals surface area contributed by atoms with Crippen LogP contribution in [-0.4, -0.2) is 42.8 Å². The number of anilines is 3. The molecule has 2 aromatic rings. The van der Waals surface area contributed by atoms with Crippen LogP contribution < -0.4 is 16.0 Å².